The molecule has 1 heteroatoms. The lowest BCUT2D eigenvalue weighted by molar-refractivity contribution is 0.108. The Kier molecular flexibility index (Phi) is 3.14. The minimum atomic E-state index is 0.148. The molecule has 0 aliphatic carbocycles. The maximum absolute atomic E-state index is 4.93. The SMILES string of the molecule is [CH2][C@@H](C)OCC. The van der Waals surface area contributed by atoms with Crippen molar-refractivity contribution in [3.63, 3.8) is 0 Å². The van der Waals surface area contributed by atoms with E-state index >= 15 is 0 Å². The fourth-order valence-corrected chi connectivity index (χ4v) is 0.285. The van der Waals surface area contributed by atoms with Crippen LogP contribution in [0, 0.1) is 6.92 Å². The molecule has 0 fully saturated rings. The Morgan fingerprint density at radius 2 is 2.33 bits per heavy atom. The van der Waals surface area contributed by atoms with E-state index in [4.69, 9.17) is 4.74 Å². The fourth-order valence-electron chi connectivity index (χ4n) is 0.285. The molecule has 0 unspecified atom stereocenters. The first-order valence-corrected chi connectivity index (χ1v) is 2.22. The van der Waals surface area contributed by atoms with E-state index in [0.717, 1.165) is 6.61 Å². The summed E-state index contributed by atoms with van der Waals surface area (Å²) in [7, 11) is 0. The summed E-state index contributed by atoms with van der Waals surface area (Å²) in [6.07, 6.45) is 0.148. The molecule has 1 atom stereocenters. The molecule has 0 saturated heterocycles. The van der Waals surface area contributed by atoms with Crippen LogP contribution in [0.25, 0.3) is 0 Å². The van der Waals surface area contributed by atoms with Crippen LogP contribution in [0.3, 0.4) is 0 Å². The molecule has 0 aliphatic heterocycles. The van der Waals surface area contributed by atoms with Crippen molar-refractivity contribution in [3.05, 3.63) is 6.92 Å². The number of ether oxygens (including phenoxy) is 1. The topological polar surface area (TPSA) is 9.23 Å². The van der Waals surface area contributed by atoms with E-state index in [0.29, 0.717) is 0 Å². The van der Waals surface area contributed by atoms with Crippen LogP contribution in [0.2, 0.25) is 0 Å². The van der Waals surface area contributed by atoms with Crippen LogP contribution in [-0.4, -0.2) is 12.7 Å². The highest BCUT2D eigenvalue weighted by atomic mass is 16.5. The highest BCUT2D eigenvalue weighted by molar-refractivity contribution is 4.46. The Hall–Kier alpha value is -0.0400. The first-order valence-electron chi connectivity index (χ1n) is 2.22. The van der Waals surface area contributed by atoms with E-state index in [1.165, 1.54) is 0 Å². The molecule has 0 aromatic rings. The van der Waals surface area contributed by atoms with Crippen LogP contribution < -0.4 is 0 Å². The molecule has 0 aliphatic rings. The van der Waals surface area contributed by atoms with Gasteiger partial charge in [-0.3, -0.25) is 0 Å². The summed E-state index contributed by atoms with van der Waals surface area (Å²) < 4.78 is 4.93. The summed E-state index contributed by atoms with van der Waals surface area (Å²) in [5.74, 6) is 0. The molecule has 0 saturated carbocycles. The predicted octanol–water partition coefficient (Wildman–Crippen LogP) is 1.25. The van der Waals surface area contributed by atoms with Gasteiger partial charge in [0.05, 0.1) is 6.10 Å². The van der Waals surface area contributed by atoms with Gasteiger partial charge in [-0.1, -0.05) is 0 Å². The third-order valence-electron chi connectivity index (χ3n) is 0.451. The molecule has 0 spiro atoms. The molecule has 0 aromatic carbocycles. The van der Waals surface area contributed by atoms with Crippen molar-refractivity contribution in [3.8, 4) is 0 Å². The first kappa shape index (κ1) is 5.96. The normalized spacial score (nSPS) is 10.0. The van der Waals surface area contributed by atoms with Gasteiger partial charge in [0, 0.05) is 6.61 Å². The summed E-state index contributed by atoms with van der Waals surface area (Å²) in [5, 5.41) is 0. The van der Waals surface area contributed by atoms with Crippen molar-refractivity contribution in [1.82, 2.24) is 0 Å². The van der Waals surface area contributed by atoms with E-state index in [1.54, 1.807) is 0 Å². The molecule has 1 nitrogen and oxygen atoms in total. The maximum atomic E-state index is 4.93. The van der Waals surface area contributed by atoms with Crippen molar-refractivity contribution < 1.29 is 4.74 Å². The largest absolute Gasteiger partial charge is 0.379 e. The van der Waals surface area contributed by atoms with Gasteiger partial charge in [0.25, 0.3) is 0 Å². The third kappa shape index (κ3) is 3.96. The Balaban J connectivity index is 2.63. The standard InChI is InChI=1S/C5H11O/c1-4-6-5(2)3/h5H,2,4H2,1,3H3/t5-/m0/s1. The molecular weight excluding hydrogens is 76.1 g/mol. The van der Waals surface area contributed by atoms with Gasteiger partial charge in [0.2, 0.25) is 0 Å². The molecular formula is C5H11O. The van der Waals surface area contributed by atoms with Crippen LogP contribution >= 0.6 is 0 Å². The maximum Gasteiger partial charge on any atom is 0.0547 e. The molecule has 0 rings (SSSR count). The van der Waals surface area contributed by atoms with Crippen LogP contribution in [0.4, 0.5) is 0 Å². The van der Waals surface area contributed by atoms with Gasteiger partial charge in [-0.2, -0.15) is 0 Å². The van der Waals surface area contributed by atoms with E-state index in [2.05, 4.69) is 6.92 Å². The van der Waals surface area contributed by atoms with Gasteiger partial charge in [0.15, 0.2) is 0 Å². The zero-order valence-corrected chi connectivity index (χ0v) is 4.40. The fraction of sp³-hybridized carbons (Fsp3) is 0.800. The van der Waals surface area contributed by atoms with E-state index < -0.39 is 0 Å². The lowest BCUT2D eigenvalue weighted by Gasteiger charge is -2.00. The van der Waals surface area contributed by atoms with E-state index in [9.17, 15) is 0 Å². The second kappa shape index (κ2) is 3.16. The average Bonchev–Trinajstić information content (AvgIpc) is 1.35. The number of rotatable bonds is 2. The van der Waals surface area contributed by atoms with Gasteiger partial charge in [-0.05, 0) is 20.8 Å². The monoisotopic (exact) mass is 87.1 g/mol. The van der Waals surface area contributed by atoms with Gasteiger partial charge >= 0.3 is 0 Å². The predicted molar refractivity (Wildman–Crippen MR) is 26.4 cm³/mol. The summed E-state index contributed by atoms with van der Waals surface area (Å²) in [6.45, 7) is 8.25. The van der Waals surface area contributed by atoms with Crippen molar-refractivity contribution >= 4 is 0 Å². The lowest BCUT2D eigenvalue weighted by Crippen LogP contribution is -2.00. The number of hydrogen-bond acceptors (Lipinski definition) is 1. The van der Waals surface area contributed by atoms with E-state index in [-0.39, 0.29) is 6.10 Å². The summed E-state index contributed by atoms with van der Waals surface area (Å²) in [4.78, 5) is 0. The minimum Gasteiger partial charge on any atom is -0.379 e. The molecule has 0 aromatic heterocycles. The van der Waals surface area contributed by atoms with Crippen LogP contribution in [0.1, 0.15) is 13.8 Å². The second-order valence-corrected chi connectivity index (χ2v) is 1.27. The zero-order valence-electron chi connectivity index (χ0n) is 4.40. The summed E-state index contributed by atoms with van der Waals surface area (Å²) in [6, 6.07) is 0. The Morgan fingerprint density at radius 1 is 1.83 bits per heavy atom. The highest BCUT2D eigenvalue weighted by Crippen LogP contribution is 1.82. The molecule has 0 amide bonds. The quantitative estimate of drug-likeness (QED) is 0.492. The Bertz CT molecular complexity index is 25.1. The first-order chi connectivity index (χ1) is 2.77. The lowest BCUT2D eigenvalue weighted by atomic mass is 10.5. The van der Waals surface area contributed by atoms with Gasteiger partial charge in [0.1, 0.15) is 0 Å². The molecule has 0 bridgehead atoms. The van der Waals surface area contributed by atoms with Gasteiger partial charge < -0.3 is 4.74 Å². The molecule has 1 radical (unpaired) electrons. The van der Waals surface area contributed by atoms with Gasteiger partial charge in [-0.25, -0.2) is 0 Å². The van der Waals surface area contributed by atoms with E-state index in [1.807, 2.05) is 13.8 Å². The second-order valence-electron chi connectivity index (χ2n) is 1.27. The molecule has 0 N–H and O–H groups in total. The van der Waals surface area contributed by atoms with Gasteiger partial charge in [-0.15, -0.1) is 0 Å². The van der Waals surface area contributed by atoms with Crippen molar-refractivity contribution in [2.75, 3.05) is 6.61 Å². The minimum absolute atomic E-state index is 0.148. The van der Waals surface area contributed by atoms with Crippen LogP contribution in [0.5, 0.6) is 0 Å². The Labute approximate surface area is 39.3 Å². The van der Waals surface area contributed by atoms with Crippen molar-refractivity contribution in [1.29, 1.82) is 0 Å². The van der Waals surface area contributed by atoms with Crippen molar-refractivity contribution in [2.45, 2.75) is 20.0 Å². The number of hydrogen-bond donors (Lipinski definition) is 0. The highest BCUT2D eigenvalue weighted by Gasteiger charge is 1.84. The summed E-state index contributed by atoms with van der Waals surface area (Å²) >= 11 is 0. The zero-order chi connectivity index (χ0) is 4.99. The Morgan fingerprint density at radius 3 is 2.33 bits per heavy atom. The summed E-state index contributed by atoms with van der Waals surface area (Å²) in [5.41, 5.74) is 0. The van der Waals surface area contributed by atoms with Crippen LogP contribution in [0.15, 0.2) is 0 Å². The van der Waals surface area contributed by atoms with Crippen molar-refractivity contribution in [2.24, 2.45) is 0 Å². The van der Waals surface area contributed by atoms with Crippen LogP contribution in [-0.2, 0) is 4.74 Å². The molecule has 0 heterocycles. The average molecular weight is 87.1 g/mol. The molecule has 6 heavy (non-hydrogen) atoms. The smallest absolute Gasteiger partial charge is 0.0547 e. The third-order valence-corrected chi connectivity index (χ3v) is 0.451. The molecule has 37 valence electrons.